The van der Waals surface area contributed by atoms with Crippen molar-refractivity contribution in [3.63, 3.8) is 0 Å². The first-order chi connectivity index (χ1) is 2.27. The molecule has 0 spiro atoms. The van der Waals surface area contributed by atoms with Crippen molar-refractivity contribution in [3.8, 4) is 0 Å². The molecule has 2 heteroatoms. The number of rotatable bonds is 0. The van der Waals surface area contributed by atoms with Crippen LogP contribution in [-0.2, 0) is 0 Å². The lowest BCUT2D eigenvalue weighted by Gasteiger charge is -1.66. The molecule has 0 rings (SSSR count). The highest BCUT2D eigenvalue weighted by Crippen LogP contribution is 1.54. The summed E-state index contributed by atoms with van der Waals surface area (Å²) in [5.41, 5.74) is 0. The van der Waals surface area contributed by atoms with Crippen LogP contribution in [0.2, 0.25) is 0 Å². The second-order valence-corrected chi connectivity index (χ2v) is 1.19. The van der Waals surface area contributed by atoms with Gasteiger partial charge in [-0.15, -0.1) is 0 Å². The first kappa shape index (κ1) is 2.42. The Labute approximate surface area is 31.3 Å². The summed E-state index contributed by atoms with van der Waals surface area (Å²) in [7, 11) is 0. The largest absolute Gasteiger partial charge is 0.360 e. The van der Waals surface area contributed by atoms with Crippen molar-refractivity contribution >= 4 is 17.2 Å². The molecule has 0 aliphatic carbocycles. The molecular weight excluding hydrogens is 72.1 g/mol. The molecule has 0 saturated heterocycles. The number of hydrogen-bond acceptors (Lipinski definition) is 0. The van der Waals surface area contributed by atoms with Crippen molar-refractivity contribution in [2.45, 2.75) is 6.92 Å². The second-order valence-electron chi connectivity index (χ2n) is 0.547. The fraction of sp³-hybridized carbons (Fsp3) is 0.500. The van der Waals surface area contributed by atoms with Crippen molar-refractivity contribution in [1.29, 1.82) is 1.12 Å². The quantitative estimate of drug-likeness (QED) is 0.415. The Balaban J connectivity index is 3.14. The van der Waals surface area contributed by atoms with Gasteiger partial charge in [0.1, 0.15) is 0 Å². The summed E-state index contributed by atoms with van der Waals surface area (Å²) < 4.78 is 6.34. The van der Waals surface area contributed by atoms with Gasteiger partial charge in [-0.3, -0.25) is 0 Å². The van der Waals surface area contributed by atoms with E-state index < -0.39 is 0 Å². The molecular formula is C2H6OS. The van der Waals surface area contributed by atoms with Gasteiger partial charge in [0.05, 0.1) is 6.17 Å². The Kier molecular flexibility index (Phi) is 0.904. The summed E-state index contributed by atoms with van der Waals surface area (Å²) in [6.45, 7) is 1.49. The molecule has 0 aromatic carbocycles. The highest BCUT2D eigenvalue weighted by molar-refractivity contribution is 7.79. The van der Waals surface area contributed by atoms with E-state index >= 15 is 0 Å². The van der Waals surface area contributed by atoms with Crippen LogP contribution in [0.15, 0.2) is 0 Å². The first-order valence-electron chi connectivity index (χ1n) is 1.39. The van der Waals surface area contributed by atoms with Gasteiger partial charge in [-0.2, -0.15) is 12.1 Å². The van der Waals surface area contributed by atoms with Gasteiger partial charge < -0.3 is 5.11 Å². The summed E-state index contributed by atoms with van der Waals surface area (Å²) >= 11 is 0.219. The third-order valence-electron chi connectivity index (χ3n) is 0. The molecule has 0 atom stereocenters. The third-order valence-corrected chi connectivity index (χ3v) is 0. The van der Waals surface area contributed by atoms with E-state index in [4.69, 9.17) is 6.23 Å². The second kappa shape index (κ2) is 1.49. The summed E-state index contributed by atoms with van der Waals surface area (Å²) in [5, 5.41) is 8.22. The highest BCUT2D eigenvalue weighted by atomic mass is 32.1. The van der Waals surface area contributed by atoms with Crippen LogP contribution in [0.25, 0.3) is 0 Å². The highest BCUT2D eigenvalue weighted by Gasteiger charge is 1.53. The SMILES string of the molecule is [2H]/[SH]=C(/C)O. The Morgan fingerprint density at radius 3 is 2.75 bits per heavy atom. The van der Waals surface area contributed by atoms with Crippen LogP contribution in [-0.4, -0.2) is 11.3 Å². The van der Waals surface area contributed by atoms with E-state index in [1.54, 1.807) is 0 Å². The molecule has 0 aliphatic heterocycles. The Morgan fingerprint density at radius 2 is 2.75 bits per heavy atom. The molecule has 0 saturated carbocycles. The lowest BCUT2D eigenvalue weighted by Crippen LogP contribution is -1.72. The molecule has 0 heterocycles. The molecule has 0 amide bonds. The van der Waals surface area contributed by atoms with Crippen molar-refractivity contribution in [2.24, 2.45) is 0 Å². The van der Waals surface area contributed by atoms with Crippen molar-refractivity contribution in [1.82, 2.24) is 0 Å². The van der Waals surface area contributed by atoms with Crippen LogP contribution in [0.3, 0.4) is 0 Å². The van der Waals surface area contributed by atoms with E-state index in [2.05, 4.69) is 0 Å². The number of aliphatic hydroxyl groups is 1. The molecule has 0 radical (unpaired) electrons. The molecule has 0 fully saturated rings. The molecule has 1 N–H and O–H groups in total. The smallest absolute Gasteiger partial charge is 0.0949 e. The minimum Gasteiger partial charge on any atom is -0.360 e. The average molecular weight is 79.1 g/mol. The fourth-order valence-corrected chi connectivity index (χ4v) is 0. The predicted octanol–water partition coefficient (Wildman–Crippen LogP) is 0.356. The molecule has 0 aromatic rings. The molecule has 1 nitrogen and oxygen atoms in total. The van der Waals surface area contributed by atoms with Crippen molar-refractivity contribution in [2.75, 3.05) is 0 Å². The van der Waals surface area contributed by atoms with E-state index in [-0.39, 0.29) is 17.2 Å². The molecule has 4 heavy (non-hydrogen) atoms. The van der Waals surface area contributed by atoms with Gasteiger partial charge in [-0.1, -0.05) is 0 Å². The summed E-state index contributed by atoms with van der Waals surface area (Å²) in [6.07, 6.45) is 0. The van der Waals surface area contributed by atoms with Gasteiger partial charge in [-0.05, 0) is 6.92 Å². The van der Waals surface area contributed by atoms with Gasteiger partial charge >= 0.3 is 0 Å². The van der Waals surface area contributed by atoms with Crippen LogP contribution in [0, 0.1) is 0 Å². The normalized spacial score (nSPS) is 17.5. The molecule has 0 aromatic heterocycles. The maximum Gasteiger partial charge on any atom is 0.0949 e. The van der Waals surface area contributed by atoms with E-state index in [1.165, 1.54) is 6.92 Å². The Morgan fingerprint density at radius 1 is 2.50 bits per heavy atom. The molecule has 0 bridgehead atoms. The van der Waals surface area contributed by atoms with E-state index in [9.17, 15) is 0 Å². The maximum absolute atomic E-state index is 8.08. The third kappa shape index (κ3) is 93.7. The number of hydrogen-bond donors (Lipinski definition) is 1. The van der Waals surface area contributed by atoms with Gasteiger partial charge in [0.2, 0.25) is 0 Å². The van der Waals surface area contributed by atoms with Crippen molar-refractivity contribution in [3.05, 3.63) is 0 Å². The average Bonchev–Trinajstić information content (AvgIpc) is 1.38. The number of aliphatic hydroxyl groups excluding tert-OH is 1. The minimum atomic E-state index is 0.144. The molecule has 0 unspecified atom stereocenters. The van der Waals surface area contributed by atoms with Crippen LogP contribution in [0.1, 0.15) is 6.92 Å². The van der Waals surface area contributed by atoms with Crippen molar-refractivity contribution < 1.29 is 5.11 Å². The predicted molar refractivity (Wildman–Crippen MR) is 23.7 cm³/mol. The summed E-state index contributed by atoms with van der Waals surface area (Å²) in [5.74, 6) is 0. The Hall–Kier alpha value is 0.180. The van der Waals surface area contributed by atoms with Gasteiger partial charge in [-0.25, -0.2) is 0 Å². The fourth-order valence-electron chi connectivity index (χ4n) is 0. The van der Waals surface area contributed by atoms with Crippen LogP contribution in [0.4, 0.5) is 0 Å². The molecule has 26 valence electrons. The molecule has 0 aliphatic rings. The topological polar surface area (TPSA) is 20.2 Å². The van der Waals surface area contributed by atoms with Crippen LogP contribution in [0.5, 0.6) is 0 Å². The lowest BCUT2D eigenvalue weighted by molar-refractivity contribution is 0.565. The zero-order valence-electron chi connectivity index (χ0n) is 3.39. The van der Waals surface area contributed by atoms with Gasteiger partial charge in [0.25, 0.3) is 0 Å². The zero-order chi connectivity index (χ0) is 4.28. The first-order valence-corrected chi connectivity index (χ1v) is 1.39. The minimum absolute atomic E-state index is 0.144. The Bertz CT molecular complexity index is 47.6. The van der Waals surface area contributed by atoms with E-state index in [0.717, 1.165) is 0 Å². The van der Waals surface area contributed by atoms with Crippen LogP contribution < -0.4 is 0 Å². The van der Waals surface area contributed by atoms with Gasteiger partial charge in [0.15, 0.2) is 0 Å². The zero-order valence-corrected chi connectivity index (χ0v) is 3.29. The standard InChI is InChI=1S/C2H6OS/c1-2(3)4/h3H,4H2,1H3/i4D. The summed E-state index contributed by atoms with van der Waals surface area (Å²) in [4.78, 5) is 0. The van der Waals surface area contributed by atoms with Crippen LogP contribution >= 0.6 is 12.1 Å². The lowest BCUT2D eigenvalue weighted by atomic mass is 10.9. The summed E-state index contributed by atoms with van der Waals surface area (Å²) in [6, 6.07) is 0. The van der Waals surface area contributed by atoms with Gasteiger partial charge in [0, 0.05) is 0 Å². The maximum atomic E-state index is 8.08. The van der Waals surface area contributed by atoms with E-state index in [0.29, 0.717) is 0 Å². The monoisotopic (exact) mass is 79.0 g/mol. The van der Waals surface area contributed by atoms with E-state index in [1.807, 2.05) is 0 Å².